The molecule has 9 atom stereocenters. The smallest absolute Gasteiger partial charge is 0.335 e. The largest absolute Gasteiger partial charge is 0.478 e. The molecule has 8 rings (SSSR count). The van der Waals surface area contributed by atoms with Gasteiger partial charge in [-0.25, -0.2) is 4.79 Å². The maximum absolute atomic E-state index is 14.6. The maximum atomic E-state index is 14.6. The molecule has 1 N–H and O–H groups in total. The third kappa shape index (κ3) is 6.60. The van der Waals surface area contributed by atoms with Gasteiger partial charge in [0.2, 0.25) is 0 Å². The second-order valence-corrected chi connectivity index (χ2v) is 20.0. The zero-order valence-electron chi connectivity index (χ0n) is 34.8. The molecule has 5 aliphatic carbocycles. The van der Waals surface area contributed by atoms with Gasteiger partial charge in [-0.1, -0.05) is 83.2 Å². The number of nitrogens with zero attached hydrogens (tertiary/aromatic N) is 1. The fourth-order valence-corrected chi connectivity index (χ4v) is 14.5. The van der Waals surface area contributed by atoms with Gasteiger partial charge in [-0.05, 0) is 144 Å². The molecule has 5 fully saturated rings. The molecule has 2 aromatic carbocycles. The molecule has 7 nitrogen and oxygen atoms in total. The molecule has 0 amide bonds. The molecule has 0 spiro atoms. The molecular weight excluding hydrogens is 699 g/mol. The van der Waals surface area contributed by atoms with E-state index < -0.39 is 11.4 Å². The van der Waals surface area contributed by atoms with Crippen molar-refractivity contribution < 1.29 is 28.9 Å². The first-order chi connectivity index (χ1) is 26.8. The summed E-state index contributed by atoms with van der Waals surface area (Å²) in [6, 6.07) is 17.7. The van der Waals surface area contributed by atoms with Crippen molar-refractivity contribution in [2.75, 3.05) is 46.1 Å². The van der Waals surface area contributed by atoms with Gasteiger partial charge in [-0.2, -0.15) is 0 Å². The number of ether oxygens (including phenoxy) is 3. The molecule has 0 radical (unpaired) electrons. The second kappa shape index (κ2) is 15.3. The Bertz CT molecular complexity index is 1770. The first-order valence-corrected chi connectivity index (χ1v) is 22.0. The third-order valence-corrected chi connectivity index (χ3v) is 17.5. The predicted molar refractivity (Wildman–Crippen MR) is 220 cm³/mol. The number of esters is 1. The van der Waals surface area contributed by atoms with E-state index in [1.54, 1.807) is 12.1 Å². The van der Waals surface area contributed by atoms with Crippen molar-refractivity contribution in [1.29, 1.82) is 0 Å². The molecular formula is C49H67NO6. The SMILES string of the molecule is CC1(C)C(c2ccc(C(=O)O)cc2)=CCC2(C)C1CCC1(C)C2CCC2C3C(CCOCCN4CCOCC4)CCC3(C(=O)OCc3ccccc3)CCC21C. The van der Waals surface area contributed by atoms with Crippen molar-refractivity contribution in [3.8, 4) is 0 Å². The first-order valence-electron chi connectivity index (χ1n) is 22.0. The topological polar surface area (TPSA) is 85.3 Å². The van der Waals surface area contributed by atoms with Crippen molar-refractivity contribution in [2.24, 2.45) is 56.7 Å². The van der Waals surface area contributed by atoms with E-state index >= 15 is 0 Å². The minimum Gasteiger partial charge on any atom is -0.478 e. The van der Waals surface area contributed by atoms with Gasteiger partial charge in [-0.15, -0.1) is 0 Å². The van der Waals surface area contributed by atoms with Gasteiger partial charge in [0.25, 0.3) is 0 Å². The highest BCUT2D eigenvalue weighted by atomic mass is 16.5. The molecule has 7 heteroatoms. The number of allylic oxidation sites excluding steroid dienone is 2. The Morgan fingerprint density at radius 3 is 2.30 bits per heavy atom. The molecule has 9 unspecified atom stereocenters. The van der Waals surface area contributed by atoms with Crippen LogP contribution in [0, 0.1) is 56.7 Å². The predicted octanol–water partition coefficient (Wildman–Crippen LogP) is 9.94. The molecule has 1 heterocycles. The van der Waals surface area contributed by atoms with E-state index in [-0.39, 0.29) is 27.6 Å². The lowest BCUT2D eigenvalue weighted by molar-refractivity contribution is -0.230. The number of carboxylic acids is 1. The van der Waals surface area contributed by atoms with Crippen LogP contribution in [0.3, 0.4) is 0 Å². The van der Waals surface area contributed by atoms with Crippen LogP contribution in [0.15, 0.2) is 60.7 Å². The van der Waals surface area contributed by atoms with Crippen molar-refractivity contribution in [2.45, 2.75) is 105 Å². The number of carbonyl (C=O) groups excluding carboxylic acids is 1. The Hall–Kier alpha value is -3.00. The standard InChI is InChI=1S/C49H67NO6/c1-45(2)38(35-11-13-37(14-12-35)43(51)52)18-21-46(3)40(45)19-22-48(5)41(46)16-15-39-42-36(20-29-54-30-26-50-27-31-55-32-28-50)17-23-49(42,25-24-47(39,48)4)44(53)56-33-34-9-7-6-8-10-34/h6-14,18,36,39-42H,15-17,19-33H2,1-5H3,(H,51,52). The highest BCUT2D eigenvalue weighted by Crippen LogP contribution is 2.77. The number of fused-ring (bicyclic) bond motifs is 7. The van der Waals surface area contributed by atoms with Gasteiger partial charge in [-0.3, -0.25) is 9.69 Å². The first kappa shape index (κ1) is 39.8. The molecule has 4 saturated carbocycles. The number of hydrogen-bond acceptors (Lipinski definition) is 6. The van der Waals surface area contributed by atoms with Crippen molar-refractivity contribution in [1.82, 2.24) is 4.90 Å². The number of carboxylic acid groups (broad SMARTS) is 1. The Morgan fingerprint density at radius 1 is 0.821 bits per heavy atom. The van der Waals surface area contributed by atoms with Crippen molar-refractivity contribution in [3.63, 3.8) is 0 Å². The lowest BCUT2D eigenvalue weighted by Gasteiger charge is -2.72. The zero-order chi connectivity index (χ0) is 39.3. The fourth-order valence-electron chi connectivity index (χ4n) is 14.5. The van der Waals surface area contributed by atoms with E-state index in [4.69, 9.17) is 14.2 Å². The molecule has 304 valence electrons. The number of morpholine rings is 1. The fraction of sp³-hybridized carbons (Fsp3) is 0.673. The van der Waals surface area contributed by atoms with E-state index in [0.29, 0.717) is 41.8 Å². The Balaban J connectivity index is 1.05. The monoisotopic (exact) mass is 765 g/mol. The number of rotatable bonds is 11. The van der Waals surface area contributed by atoms with Crippen LogP contribution in [-0.2, 0) is 25.6 Å². The van der Waals surface area contributed by atoms with E-state index in [9.17, 15) is 14.7 Å². The number of benzene rings is 2. The molecule has 2 aromatic rings. The molecule has 6 aliphatic rings. The van der Waals surface area contributed by atoms with Gasteiger partial charge in [0.05, 0.1) is 30.8 Å². The Kier molecular flexibility index (Phi) is 10.9. The molecule has 1 aliphatic heterocycles. The van der Waals surface area contributed by atoms with Crippen LogP contribution in [0.2, 0.25) is 0 Å². The normalized spacial score (nSPS) is 37.7. The summed E-state index contributed by atoms with van der Waals surface area (Å²) >= 11 is 0. The van der Waals surface area contributed by atoms with Gasteiger partial charge in [0.1, 0.15) is 6.61 Å². The summed E-state index contributed by atoms with van der Waals surface area (Å²) in [7, 11) is 0. The number of aromatic carboxylic acids is 1. The molecule has 56 heavy (non-hydrogen) atoms. The van der Waals surface area contributed by atoms with Crippen molar-refractivity contribution >= 4 is 17.5 Å². The van der Waals surface area contributed by atoms with Crippen LogP contribution in [-0.4, -0.2) is 68.0 Å². The average Bonchev–Trinajstić information content (AvgIpc) is 3.57. The van der Waals surface area contributed by atoms with Crippen LogP contribution in [0.5, 0.6) is 0 Å². The van der Waals surface area contributed by atoms with Crippen LogP contribution in [0.25, 0.3) is 5.57 Å². The summed E-state index contributed by atoms with van der Waals surface area (Å²) in [4.78, 5) is 28.7. The van der Waals surface area contributed by atoms with E-state index in [0.717, 1.165) is 95.7 Å². The summed E-state index contributed by atoms with van der Waals surface area (Å²) in [6.07, 6.45) is 13.4. The summed E-state index contributed by atoms with van der Waals surface area (Å²) in [6.45, 7) is 19.2. The highest BCUT2D eigenvalue weighted by Gasteiger charge is 2.71. The summed E-state index contributed by atoms with van der Waals surface area (Å²) in [5.41, 5.74) is 3.97. The third-order valence-electron chi connectivity index (χ3n) is 17.5. The van der Waals surface area contributed by atoms with Crippen molar-refractivity contribution in [3.05, 3.63) is 77.4 Å². The zero-order valence-corrected chi connectivity index (χ0v) is 34.8. The minimum absolute atomic E-state index is 0.0284. The van der Waals surface area contributed by atoms with Gasteiger partial charge in [0.15, 0.2) is 0 Å². The van der Waals surface area contributed by atoms with Crippen LogP contribution in [0.4, 0.5) is 0 Å². The average molecular weight is 766 g/mol. The molecule has 0 aromatic heterocycles. The minimum atomic E-state index is -0.877. The summed E-state index contributed by atoms with van der Waals surface area (Å²) in [5.74, 6) is 1.58. The second-order valence-electron chi connectivity index (χ2n) is 20.0. The maximum Gasteiger partial charge on any atom is 0.335 e. The number of carbonyl (C=O) groups is 2. The van der Waals surface area contributed by atoms with Crippen LogP contribution >= 0.6 is 0 Å². The van der Waals surface area contributed by atoms with Gasteiger partial charge < -0.3 is 19.3 Å². The van der Waals surface area contributed by atoms with Crippen LogP contribution < -0.4 is 0 Å². The van der Waals surface area contributed by atoms with E-state index in [2.05, 4.69) is 57.7 Å². The number of hydrogen-bond donors (Lipinski definition) is 1. The Labute approximate surface area is 335 Å². The molecule has 1 saturated heterocycles. The van der Waals surface area contributed by atoms with Gasteiger partial charge >= 0.3 is 11.9 Å². The Morgan fingerprint density at radius 2 is 1.57 bits per heavy atom. The summed E-state index contributed by atoms with van der Waals surface area (Å²) in [5, 5.41) is 9.54. The van der Waals surface area contributed by atoms with E-state index in [1.807, 2.05) is 30.3 Å². The van der Waals surface area contributed by atoms with Crippen LogP contribution in [0.1, 0.15) is 120 Å². The van der Waals surface area contributed by atoms with E-state index in [1.165, 1.54) is 31.3 Å². The summed E-state index contributed by atoms with van der Waals surface area (Å²) < 4.78 is 18.2. The lowest BCUT2D eigenvalue weighted by atomic mass is 9.32. The molecule has 0 bridgehead atoms. The highest BCUT2D eigenvalue weighted by molar-refractivity contribution is 5.88. The van der Waals surface area contributed by atoms with Gasteiger partial charge in [0, 0.05) is 26.2 Å². The lowest BCUT2D eigenvalue weighted by Crippen LogP contribution is -2.66. The quantitative estimate of drug-likeness (QED) is 0.180.